The molecule has 1 fully saturated rings. The van der Waals surface area contributed by atoms with Gasteiger partial charge in [0.25, 0.3) is 0 Å². The monoisotopic (exact) mass is 309 g/mol. The van der Waals surface area contributed by atoms with Crippen LogP contribution in [-0.2, 0) is 12.8 Å². The van der Waals surface area contributed by atoms with E-state index in [0.717, 1.165) is 18.2 Å². The van der Waals surface area contributed by atoms with E-state index in [1.54, 1.807) is 7.11 Å². The molecular weight excluding hydrogens is 290 g/mol. The second-order valence-electron chi connectivity index (χ2n) is 5.35. The van der Waals surface area contributed by atoms with Gasteiger partial charge in [-0.15, -0.1) is 0 Å². The highest BCUT2D eigenvalue weighted by atomic mass is 79.9. The lowest BCUT2D eigenvalue weighted by Crippen LogP contribution is -2.37. The van der Waals surface area contributed by atoms with Crippen molar-refractivity contribution in [3.63, 3.8) is 0 Å². The predicted molar refractivity (Wildman–Crippen MR) is 77.3 cm³/mol. The van der Waals surface area contributed by atoms with Crippen molar-refractivity contribution in [1.29, 1.82) is 0 Å². The summed E-state index contributed by atoms with van der Waals surface area (Å²) in [6.07, 6.45) is 6.36. The maximum absolute atomic E-state index is 5.54. The second-order valence-corrected chi connectivity index (χ2v) is 6.20. The summed E-state index contributed by atoms with van der Waals surface area (Å²) in [5.74, 6) is 1.07. The molecule has 1 aliphatic heterocycles. The topological polar surface area (TPSA) is 12.5 Å². The lowest BCUT2D eigenvalue weighted by Gasteiger charge is -2.33. The fourth-order valence-corrected chi connectivity index (χ4v) is 3.97. The molecule has 1 aliphatic carbocycles. The fraction of sp³-hybridized carbons (Fsp3) is 0.600. The molecule has 1 saturated heterocycles. The summed E-state index contributed by atoms with van der Waals surface area (Å²) in [6, 6.07) is 4.94. The summed E-state index contributed by atoms with van der Waals surface area (Å²) in [4.78, 5) is 2.67. The number of fused-ring (bicyclic) bond motifs is 1. The van der Waals surface area contributed by atoms with Crippen molar-refractivity contribution in [3.8, 4) is 5.75 Å². The first-order valence-corrected chi connectivity index (χ1v) is 7.67. The number of nitrogens with zero attached hydrogens (tertiary/aromatic N) is 1. The number of likely N-dealkylation sites (tertiary alicyclic amines) is 1. The fourth-order valence-electron chi connectivity index (χ4n) is 3.40. The van der Waals surface area contributed by atoms with Gasteiger partial charge in [-0.05, 0) is 68.5 Å². The van der Waals surface area contributed by atoms with Gasteiger partial charge in [0.2, 0.25) is 0 Å². The van der Waals surface area contributed by atoms with Gasteiger partial charge in [0.15, 0.2) is 0 Å². The summed E-state index contributed by atoms with van der Waals surface area (Å²) >= 11 is 3.68. The van der Waals surface area contributed by atoms with Crippen LogP contribution in [0.3, 0.4) is 0 Å². The molecule has 0 saturated carbocycles. The molecule has 0 spiro atoms. The Kier molecular flexibility index (Phi) is 3.62. The molecular formula is C15H20BrNO. The van der Waals surface area contributed by atoms with Crippen LogP contribution in [0, 0.1) is 0 Å². The third-order valence-corrected chi connectivity index (χ3v) is 5.12. The number of rotatable bonds is 2. The number of methoxy groups -OCH3 is 1. The van der Waals surface area contributed by atoms with Crippen LogP contribution in [0.4, 0.5) is 0 Å². The Morgan fingerprint density at radius 2 is 2.00 bits per heavy atom. The van der Waals surface area contributed by atoms with Gasteiger partial charge in [-0.25, -0.2) is 0 Å². The molecule has 3 heteroatoms. The highest BCUT2D eigenvalue weighted by molar-refractivity contribution is 9.10. The van der Waals surface area contributed by atoms with Crippen molar-refractivity contribution in [1.82, 2.24) is 4.90 Å². The zero-order valence-electron chi connectivity index (χ0n) is 10.9. The van der Waals surface area contributed by atoms with E-state index in [9.17, 15) is 0 Å². The largest absolute Gasteiger partial charge is 0.496 e. The molecule has 0 N–H and O–H groups in total. The standard InChI is InChI=1S/C15H20BrNO/c1-18-15-7-6-14(16)12-5-4-11(10-13(12)15)17-8-2-3-9-17/h6-7,11H,2-5,8-10H2,1H3. The normalized spacial score (nSPS) is 24.0. The minimum Gasteiger partial charge on any atom is -0.496 e. The lowest BCUT2D eigenvalue weighted by atomic mass is 9.87. The molecule has 2 nitrogen and oxygen atoms in total. The quantitative estimate of drug-likeness (QED) is 0.830. The van der Waals surface area contributed by atoms with Crippen LogP contribution in [-0.4, -0.2) is 31.1 Å². The van der Waals surface area contributed by atoms with Gasteiger partial charge in [-0.3, -0.25) is 0 Å². The van der Waals surface area contributed by atoms with Gasteiger partial charge in [-0.1, -0.05) is 15.9 Å². The Bertz CT molecular complexity index is 440. The minimum atomic E-state index is 0.725. The Morgan fingerprint density at radius 3 is 2.72 bits per heavy atom. The molecule has 1 aromatic rings. The third kappa shape index (κ3) is 2.19. The molecule has 1 atom stereocenters. The summed E-state index contributed by atoms with van der Waals surface area (Å²) in [5.41, 5.74) is 2.89. The maximum atomic E-state index is 5.54. The zero-order chi connectivity index (χ0) is 12.5. The molecule has 0 radical (unpaired) electrons. The van der Waals surface area contributed by atoms with Gasteiger partial charge >= 0.3 is 0 Å². The molecule has 1 heterocycles. The Labute approximate surface area is 117 Å². The average molecular weight is 310 g/mol. The summed E-state index contributed by atoms with van der Waals surface area (Å²) in [6.45, 7) is 2.58. The van der Waals surface area contributed by atoms with E-state index in [-0.39, 0.29) is 0 Å². The van der Waals surface area contributed by atoms with E-state index in [0.29, 0.717) is 0 Å². The molecule has 0 amide bonds. The van der Waals surface area contributed by atoms with E-state index >= 15 is 0 Å². The minimum absolute atomic E-state index is 0.725. The molecule has 18 heavy (non-hydrogen) atoms. The highest BCUT2D eigenvalue weighted by Crippen LogP contribution is 2.36. The van der Waals surface area contributed by atoms with Crippen molar-refractivity contribution in [2.75, 3.05) is 20.2 Å². The van der Waals surface area contributed by atoms with Gasteiger partial charge < -0.3 is 9.64 Å². The van der Waals surface area contributed by atoms with Crippen molar-refractivity contribution < 1.29 is 4.74 Å². The van der Waals surface area contributed by atoms with E-state index in [1.807, 2.05) is 0 Å². The molecule has 1 aromatic carbocycles. The summed E-state index contributed by atoms with van der Waals surface area (Å²) in [5, 5.41) is 0. The first-order valence-electron chi connectivity index (χ1n) is 6.88. The van der Waals surface area contributed by atoms with Crippen molar-refractivity contribution in [2.45, 2.75) is 38.1 Å². The molecule has 1 unspecified atom stereocenters. The van der Waals surface area contributed by atoms with Gasteiger partial charge in [-0.2, -0.15) is 0 Å². The molecule has 2 aliphatic rings. The average Bonchev–Trinajstić information content (AvgIpc) is 2.93. The first-order chi connectivity index (χ1) is 8.79. The Hall–Kier alpha value is -0.540. The van der Waals surface area contributed by atoms with E-state index in [1.165, 1.54) is 54.4 Å². The number of hydrogen-bond acceptors (Lipinski definition) is 2. The van der Waals surface area contributed by atoms with Crippen LogP contribution in [0.1, 0.15) is 30.4 Å². The molecule has 0 bridgehead atoms. The van der Waals surface area contributed by atoms with Crippen LogP contribution >= 0.6 is 15.9 Å². The summed E-state index contributed by atoms with van der Waals surface area (Å²) in [7, 11) is 1.78. The van der Waals surface area contributed by atoms with Crippen LogP contribution in [0.15, 0.2) is 16.6 Å². The Morgan fingerprint density at radius 1 is 1.22 bits per heavy atom. The number of ether oxygens (including phenoxy) is 1. The first kappa shape index (κ1) is 12.5. The van der Waals surface area contributed by atoms with Crippen molar-refractivity contribution >= 4 is 15.9 Å². The van der Waals surface area contributed by atoms with Crippen molar-refractivity contribution in [2.24, 2.45) is 0 Å². The number of halogens is 1. The smallest absolute Gasteiger partial charge is 0.122 e. The van der Waals surface area contributed by atoms with Crippen LogP contribution < -0.4 is 4.74 Å². The zero-order valence-corrected chi connectivity index (χ0v) is 12.5. The van der Waals surface area contributed by atoms with Gasteiger partial charge in [0.1, 0.15) is 5.75 Å². The van der Waals surface area contributed by atoms with E-state index in [2.05, 4.69) is 33.0 Å². The van der Waals surface area contributed by atoms with Crippen molar-refractivity contribution in [3.05, 3.63) is 27.7 Å². The molecule has 3 rings (SSSR count). The van der Waals surface area contributed by atoms with Crippen LogP contribution in [0.2, 0.25) is 0 Å². The number of benzene rings is 1. The van der Waals surface area contributed by atoms with Gasteiger partial charge in [0, 0.05) is 10.5 Å². The molecule has 0 aromatic heterocycles. The highest BCUT2D eigenvalue weighted by Gasteiger charge is 2.28. The number of hydrogen-bond donors (Lipinski definition) is 0. The Balaban J connectivity index is 1.88. The predicted octanol–water partition coefficient (Wildman–Crippen LogP) is 3.41. The third-order valence-electron chi connectivity index (χ3n) is 4.38. The second kappa shape index (κ2) is 5.22. The lowest BCUT2D eigenvalue weighted by molar-refractivity contribution is 0.220. The molecule has 98 valence electrons. The van der Waals surface area contributed by atoms with Crippen LogP contribution in [0.25, 0.3) is 0 Å². The van der Waals surface area contributed by atoms with Crippen LogP contribution in [0.5, 0.6) is 5.75 Å². The SMILES string of the molecule is COc1ccc(Br)c2c1CC(N1CCCC1)CC2. The summed E-state index contributed by atoms with van der Waals surface area (Å²) < 4.78 is 6.79. The van der Waals surface area contributed by atoms with Gasteiger partial charge in [0.05, 0.1) is 7.11 Å². The maximum Gasteiger partial charge on any atom is 0.122 e. The van der Waals surface area contributed by atoms with E-state index in [4.69, 9.17) is 4.74 Å². The van der Waals surface area contributed by atoms with E-state index < -0.39 is 0 Å².